The molecule has 0 atom stereocenters. The van der Waals surface area contributed by atoms with Crippen LogP contribution < -0.4 is 0 Å². The van der Waals surface area contributed by atoms with Gasteiger partial charge in [0, 0.05) is 16.3 Å². The van der Waals surface area contributed by atoms with E-state index in [0.717, 1.165) is 32.8 Å². The van der Waals surface area contributed by atoms with Crippen LogP contribution in [-0.2, 0) is 6.42 Å². The van der Waals surface area contributed by atoms with Crippen LogP contribution in [0.5, 0.6) is 0 Å². The maximum absolute atomic E-state index is 9.25. The van der Waals surface area contributed by atoms with E-state index in [1.54, 1.807) is 6.07 Å². The highest BCUT2D eigenvalue weighted by molar-refractivity contribution is 9.10. The lowest BCUT2D eigenvalue weighted by Crippen LogP contribution is -1.84. The van der Waals surface area contributed by atoms with Crippen LogP contribution in [0.1, 0.15) is 11.1 Å². The zero-order valence-electron chi connectivity index (χ0n) is 11.1. The van der Waals surface area contributed by atoms with Crippen LogP contribution >= 0.6 is 31.9 Å². The third-order valence-corrected chi connectivity index (χ3v) is 4.55. The van der Waals surface area contributed by atoms with Gasteiger partial charge in [0.15, 0.2) is 5.76 Å². The molecule has 2 nitrogen and oxygen atoms in total. The number of nitriles is 1. The second-order valence-electron chi connectivity index (χ2n) is 4.67. The first kappa shape index (κ1) is 14.4. The zero-order valence-corrected chi connectivity index (χ0v) is 14.2. The summed E-state index contributed by atoms with van der Waals surface area (Å²) in [4.78, 5) is 0. The molecule has 1 heterocycles. The lowest BCUT2D eigenvalue weighted by molar-refractivity contribution is 0.629. The number of rotatable bonds is 3. The largest absolute Gasteiger partial charge is 0.455 e. The zero-order chi connectivity index (χ0) is 14.8. The van der Waals surface area contributed by atoms with Crippen LogP contribution in [0.3, 0.4) is 0 Å². The third-order valence-electron chi connectivity index (χ3n) is 3.37. The predicted molar refractivity (Wildman–Crippen MR) is 91.6 cm³/mol. The van der Waals surface area contributed by atoms with Crippen LogP contribution in [0, 0.1) is 11.3 Å². The SMILES string of the molecule is N#Cc1ccccc1-c1oc2ccc(CCBr)cc2c1Br. The molecule has 0 unspecified atom stereocenters. The molecule has 0 bridgehead atoms. The van der Waals surface area contributed by atoms with Crippen LogP contribution in [-0.4, -0.2) is 5.33 Å². The minimum atomic E-state index is 0.609. The molecule has 0 amide bonds. The summed E-state index contributed by atoms with van der Waals surface area (Å²) in [6.07, 6.45) is 0.970. The van der Waals surface area contributed by atoms with Crippen LogP contribution in [0.25, 0.3) is 22.3 Å². The van der Waals surface area contributed by atoms with Gasteiger partial charge in [-0.25, -0.2) is 0 Å². The van der Waals surface area contributed by atoms with Crippen molar-refractivity contribution in [2.24, 2.45) is 0 Å². The van der Waals surface area contributed by atoms with Gasteiger partial charge in [-0.15, -0.1) is 0 Å². The fraction of sp³-hybridized carbons (Fsp3) is 0.118. The number of alkyl halides is 1. The summed E-state index contributed by atoms with van der Waals surface area (Å²) in [5.74, 6) is 0.707. The molecule has 2 aromatic carbocycles. The number of furan rings is 1. The van der Waals surface area contributed by atoms with Crippen molar-refractivity contribution in [2.45, 2.75) is 6.42 Å². The van der Waals surface area contributed by atoms with Crippen molar-refractivity contribution in [3.05, 3.63) is 58.1 Å². The number of fused-ring (bicyclic) bond motifs is 1. The molecule has 0 fully saturated rings. The summed E-state index contributed by atoms with van der Waals surface area (Å²) in [6, 6.07) is 15.9. The van der Waals surface area contributed by atoms with Crippen molar-refractivity contribution in [1.82, 2.24) is 0 Å². The van der Waals surface area contributed by atoms with Crippen molar-refractivity contribution >= 4 is 42.8 Å². The number of benzene rings is 2. The molecule has 3 rings (SSSR count). The second-order valence-corrected chi connectivity index (χ2v) is 6.26. The summed E-state index contributed by atoms with van der Waals surface area (Å²) < 4.78 is 6.85. The van der Waals surface area contributed by atoms with Gasteiger partial charge in [-0.05, 0) is 52.2 Å². The Morgan fingerprint density at radius 1 is 1.14 bits per heavy atom. The fourth-order valence-corrected chi connectivity index (χ4v) is 3.39. The summed E-state index contributed by atoms with van der Waals surface area (Å²) in [5.41, 5.74) is 3.49. The van der Waals surface area contributed by atoms with Crippen molar-refractivity contribution in [3.8, 4) is 17.4 Å². The van der Waals surface area contributed by atoms with Crippen LogP contribution in [0.4, 0.5) is 0 Å². The predicted octanol–water partition coefficient (Wildman–Crippen LogP) is 5.67. The number of hydrogen-bond donors (Lipinski definition) is 0. The van der Waals surface area contributed by atoms with E-state index in [1.165, 1.54) is 5.56 Å². The quantitative estimate of drug-likeness (QED) is 0.527. The maximum Gasteiger partial charge on any atom is 0.150 e. The van der Waals surface area contributed by atoms with Crippen molar-refractivity contribution in [2.75, 3.05) is 5.33 Å². The monoisotopic (exact) mass is 403 g/mol. The Kier molecular flexibility index (Phi) is 4.14. The second kappa shape index (κ2) is 6.05. The maximum atomic E-state index is 9.25. The van der Waals surface area contributed by atoms with Gasteiger partial charge in [0.2, 0.25) is 0 Å². The van der Waals surface area contributed by atoms with E-state index in [1.807, 2.05) is 24.3 Å². The van der Waals surface area contributed by atoms with Gasteiger partial charge in [-0.2, -0.15) is 5.26 Å². The van der Waals surface area contributed by atoms with Gasteiger partial charge in [-0.3, -0.25) is 0 Å². The lowest BCUT2D eigenvalue weighted by Gasteiger charge is -2.00. The topological polar surface area (TPSA) is 36.9 Å². The Balaban J connectivity index is 2.20. The molecule has 4 heteroatoms. The number of hydrogen-bond acceptors (Lipinski definition) is 2. The van der Waals surface area contributed by atoms with Crippen LogP contribution in [0.15, 0.2) is 51.4 Å². The van der Waals surface area contributed by atoms with Crippen molar-refractivity contribution < 1.29 is 4.42 Å². The fourth-order valence-electron chi connectivity index (χ4n) is 2.33. The normalized spacial score (nSPS) is 10.7. The highest BCUT2D eigenvalue weighted by Crippen LogP contribution is 2.39. The molecule has 1 aromatic heterocycles. The summed E-state index contributed by atoms with van der Waals surface area (Å²) in [6.45, 7) is 0. The first-order chi connectivity index (χ1) is 10.2. The highest BCUT2D eigenvalue weighted by Gasteiger charge is 2.16. The third kappa shape index (κ3) is 2.64. The minimum Gasteiger partial charge on any atom is -0.455 e. The Morgan fingerprint density at radius 3 is 2.71 bits per heavy atom. The molecule has 0 aliphatic rings. The van der Waals surface area contributed by atoms with Gasteiger partial charge < -0.3 is 4.42 Å². The number of aryl methyl sites for hydroxylation is 1. The van der Waals surface area contributed by atoms with Gasteiger partial charge in [0.25, 0.3) is 0 Å². The van der Waals surface area contributed by atoms with Crippen LogP contribution in [0.2, 0.25) is 0 Å². The molecule has 0 saturated carbocycles. The first-order valence-electron chi connectivity index (χ1n) is 6.51. The summed E-state index contributed by atoms with van der Waals surface area (Å²) >= 11 is 7.08. The minimum absolute atomic E-state index is 0.609. The van der Waals surface area contributed by atoms with E-state index >= 15 is 0 Å². The van der Waals surface area contributed by atoms with E-state index in [2.05, 4.69) is 50.1 Å². The Hall–Kier alpha value is -1.57. The molecule has 104 valence electrons. The first-order valence-corrected chi connectivity index (χ1v) is 8.42. The molecular weight excluding hydrogens is 394 g/mol. The Bertz CT molecular complexity index is 846. The Labute approximate surface area is 139 Å². The summed E-state index contributed by atoms with van der Waals surface area (Å²) in [7, 11) is 0. The molecule has 0 radical (unpaired) electrons. The highest BCUT2D eigenvalue weighted by atomic mass is 79.9. The smallest absolute Gasteiger partial charge is 0.150 e. The van der Waals surface area contributed by atoms with E-state index in [-0.39, 0.29) is 0 Å². The van der Waals surface area contributed by atoms with E-state index < -0.39 is 0 Å². The molecule has 21 heavy (non-hydrogen) atoms. The average molecular weight is 405 g/mol. The molecule has 0 saturated heterocycles. The standard InChI is InChI=1S/C17H11Br2NO/c18-8-7-11-5-6-15-14(9-11)16(19)17(21-15)13-4-2-1-3-12(13)10-20/h1-6,9H,7-8H2. The molecular formula is C17H11Br2NO. The van der Waals surface area contributed by atoms with E-state index in [9.17, 15) is 5.26 Å². The van der Waals surface area contributed by atoms with Gasteiger partial charge in [0.05, 0.1) is 16.1 Å². The van der Waals surface area contributed by atoms with E-state index in [0.29, 0.717) is 11.3 Å². The van der Waals surface area contributed by atoms with Gasteiger partial charge in [0.1, 0.15) is 5.58 Å². The molecule has 0 N–H and O–H groups in total. The number of halogens is 2. The molecule has 0 aliphatic heterocycles. The average Bonchev–Trinajstić information content (AvgIpc) is 2.84. The number of nitrogens with zero attached hydrogens (tertiary/aromatic N) is 1. The van der Waals surface area contributed by atoms with Gasteiger partial charge in [-0.1, -0.05) is 34.1 Å². The molecule has 3 aromatic rings. The summed E-state index contributed by atoms with van der Waals surface area (Å²) in [5, 5.41) is 11.2. The van der Waals surface area contributed by atoms with E-state index in [4.69, 9.17) is 4.42 Å². The van der Waals surface area contributed by atoms with Gasteiger partial charge >= 0.3 is 0 Å². The lowest BCUT2D eigenvalue weighted by atomic mass is 10.1. The van der Waals surface area contributed by atoms with Crippen molar-refractivity contribution in [1.29, 1.82) is 5.26 Å². The van der Waals surface area contributed by atoms with Crippen molar-refractivity contribution in [3.63, 3.8) is 0 Å². The Morgan fingerprint density at radius 2 is 1.95 bits per heavy atom. The molecule has 0 aliphatic carbocycles. The molecule has 0 spiro atoms.